The van der Waals surface area contributed by atoms with Gasteiger partial charge in [0.1, 0.15) is 5.01 Å². The maximum absolute atomic E-state index is 4.75. The van der Waals surface area contributed by atoms with Gasteiger partial charge in [-0.3, -0.25) is 0 Å². The average molecular weight is 350 g/mol. The molecular formula is C15H16BrN3S. The van der Waals surface area contributed by atoms with Gasteiger partial charge in [-0.25, -0.2) is 9.50 Å². The first-order valence-electron chi connectivity index (χ1n) is 6.65. The monoisotopic (exact) mass is 349 g/mol. The number of aromatic nitrogens is 3. The summed E-state index contributed by atoms with van der Waals surface area (Å²) in [4.78, 5) is 5.73. The van der Waals surface area contributed by atoms with Crippen LogP contribution in [0.4, 0.5) is 0 Å². The molecule has 2 aromatic heterocycles. The highest BCUT2D eigenvalue weighted by Gasteiger charge is 2.15. The van der Waals surface area contributed by atoms with Crippen molar-refractivity contribution in [3.05, 3.63) is 39.4 Å². The normalized spacial score (nSPS) is 11.7. The number of aryl methyl sites for hydroxylation is 1. The smallest absolute Gasteiger partial charge is 0.212 e. The molecule has 0 radical (unpaired) electrons. The van der Waals surface area contributed by atoms with E-state index in [0.717, 1.165) is 37.8 Å². The lowest BCUT2D eigenvalue weighted by molar-refractivity contribution is 0.636. The summed E-state index contributed by atoms with van der Waals surface area (Å²) in [7, 11) is 0. The van der Waals surface area contributed by atoms with Crippen LogP contribution in [0.15, 0.2) is 28.7 Å². The number of imidazole rings is 1. The third-order valence-electron chi connectivity index (χ3n) is 3.15. The van der Waals surface area contributed by atoms with Crippen LogP contribution >= 0.6 is 27.3 Å². The van der Waals surface area contributed by atoms with Crippen molar-refractivity contribution in [3.8, 4) is 11.3 Å². The third kappa shape index (κ3) is 2.52. The molecule has 104 valence electrons. The molecule has 0 bridgehead atoms. The van der Waals surface area contributed by atoms with Crippen molar-refractivity contribution in [2.75, 3.05) is 0 Å². The van der Waals surface area contributed by atoms with E-state index in [1.165, 1.54) is 0 Å². The molecule has 0 aliphatic heterocycles. The molecule has 3 rings (SSSR count). The molecule has 0 unspecified atom stereocenters. The van der Waals surface area contributed by atoms with Crippen molar-refractivity contribution >= 4 is 32.2 Å². The van der Waals surface area contributed by atoms with E-state index in [-0.39, 0.29) is 0 Å². The van der Waals surface area contributed by atoms with Crippen molar-refractivity contribution in [1.29, 1.82) is 0 Å². The topological polar surface area (TPSA) is 30.2 Å². The van der Waals surface area contributed by atoms with Crippen LogP contribution in [-0.4, -0.2) is 14.6 Å². The van der Waals surface area contributed by atoms with E-state index in [1.54, 1.807) is 11.3 Å². The van der Waals surface area contributed by atoms with Crippen molar-refractivity contribution in [1.82, 2.24) is 14.6 Å². The second-order valence-electron chi connectivity index (χ2n) is 5.34. The number of benzene rings is 1. The molecule has 0 atom stereocenters. The molecule has 0 spiro atoms. The lowest BCUT2D eigenvalue weighted by Crippen LogP contribution is -1.96. The lowest BCUT2D eigenvalue weighted by Gasteiger charge is -2.00. The van der Waals surface area contributed by atoms with Crippen molar-refractivity contribution in [2.24, 2.45) is 5.92 Å². The second-order valence-corrected chi connectivity index (χ2v) is 7.30. The highest BCUT2D eigenvalue weighted by atomic mass is 79.9. The number of halogens is 1. The largest absolute Gasteiger partial charge is 0.217 e. The summed E-state index contributed by atoms with van der Waals surface area (Å²) in [6.45, 7) is 6.50. The lowest BCUT2D eigenvalue weighted by atomic mass is 10.1. The van der Waals surface area contributed by atoms with Crippen molar-refractivity contribution in [2.45, 2.75) is 27.2 Å². The zero-order valence-corrected chi connectivity index (χ0v) is 14.1. The van der Waals surface area contributed by atoms with Crippen LogP contribution in [0.3, 0.4) is 0 Å². The number of fused-ring (bicyclic) bond motifs is 1. The molecule has 3 aromatic rings. The Morgan fingerprint density at radius 3 is 2.80 bits per heavy atom. The molecule has 0 N–H and O–H groups in total. The Bertz CT molecular complexity index is 758. The number of nitrogens with zero attached hydrogens (tertiary/aromatic N) is 3. The summed E-state index contributed by atoms with van der Waals surface area (Å²) in [5, 5.41) is 5.84. The standard InChI is InChI=1S/C15H16BrN3S/c1-9(2)7-13-18-19-10(3)14(17-15(19)20-13)11-5-4-6-12(16)8-11/h4-6,8-9H,7H2,1-3H3. The fourth-order valence-electron chi connectivity index (χ4n) is 2.23. The van der Waals surface area contributed by atoms with Gasteiger partial charge in [-0.15, -0.1) is 0 Å². The van der Waals surface area contributed by atoms with Crippen LogP contribution in [0.25, 0.3) is 16.2 Å². The van der Waals surface area contributed by atoms with Gasteiger partial charge in [0, 0.05) is 16.5 Å². The molecule has 0 fully saturated rings. The van der Waals surface area contributed by atoms with Gasteiger partial charge in [0.05, 0.1) is 11.4 Å². The first kappa shape index (κ1) is 13.8. The predicted molar refractivity (Wildman–Crippen MR) is 87.3 cm³/mol. The molecule has 0 saturated carbocycles. The Hall–Kier alpha value is -1.20. The summed E-state index contributed by atoms with van der Waals surface area (Å²) >= 11 is 5.20. The van der Waals surface area contributed by atoms with Crippen LogP contribution < -0.4 is 0 Å². The second kappa shape index (κ2) is 5.30. The average Bonchev–Trinajstić information content (AvgIpc) is 2.88. The highest BCUT2D eigenvalue weighted by Crippen LogP contribution is 2.28. The van der Waals surface area contributed by atoms with Gasteiger partial charge in [-0.1, -0.05) is 53.2 Å². The van der Waals surface area contributed by atoms with E-state index < -0.39 is 0 Å². The van der Waals surface area contributed by atoms with Gasteiger partial charge in [0.25, 0.3) is 0 Å². The van der Waals surface area contributed by atoms with E-state index in [9.17, 15) is 0 Å². The van der Waals surface area contributed by atoms with Gasteiger partial charge >= 0.3 is 0 Å². The van der Waals surface area contributed by atoms with E-state index in [0.29, 0.717) is 5.92 Å². The van der Waals surface area contributed by atoms with E-state index in [2.05, 4.69) is 53.9 Å². The minimum Gasteiger partial charge on any atom is -0.217 e. The first-order valence-corrected chi connectivity index (χ1v) is 8.26. The SMILES string of the molecule is Cc1c(-c2cccc(Br)c2)nc2sc(CC(C)C)nn12. The highest BCUT2D eigenvalue weighted by molar-refractivity contribution is 9.10. The molecule has 2 heterocycles. The summed E-state index contributed by atoms with van der Waals surface area (Å²) in [5.74, 6) is 0.621. The van der Waals surface area contributed by atoms with Gasteiger partial charge in [0.2, 0.25) is 4.96 Å². The minimum atomic E-state index is 0.621. The van der Waals surface area contributed by atoms with E-state index >= 15 is 0 Å². The zero-order valence-electron chi connectivity index (χ0n) is 11.7. The van der Waals surface area contributed by atoms with Gasteiger partial charge < -0.3 is 0 Å². The van der Waals surface area contributed by atoms with Crippen molar-refractivity contribution < 1.29 is 0 Å². The van der Waals surface area contributed by atoms with Crippen LogP contribution in [0.2, 0.25) is 0 Å². The fraction of sp³-hybridized carbons (Fsp3) is 0.333. The molecule has 0 aliphatic rings. The zero-order chi connectivity index (χ0) is 14.3. The number of hydrogen-bond donors (Lipinski definition) is 0. The first-order chi connectivity index (χ1) is 9.54. The van der Waals surface area contributed by atoms with E-state index in [4.69, 9.17) is 4.98 Å². The predicted octanol–water partition coefficient (Wildman–Crippen LogP) is 4.73. The van der Waals surface area contributed by atoms with E-state index in [1.807, 2.05) is 16.6 Å². The van der Waals surface area contributed by atoms with Crippen LogP contribution in [0, 0.1) is 12.8 Å². The maximum atomic E-state index is 4.75. The summed E-state index contributed by atoms with van der Waals surface area (Å²) < 4.78 is 3.04. The van der Waals surface area contributed by atoms with Gasteiger partial charge in [0.15, 0.2) is 0 Å². The Morgan fingerprint density at radius 2 is 2.15 bits per heavy atom. The summed E-state index contributed by atoms with van der Waals surface area (Å²) in [6.07, 6.45) is 1.01. The molecule has 3 nitrogen and oxygen atoms in total. The minimum absolute atomic E-state index is 0.621. The van der Waals surface area contributed by atoms with Crippen LogP contribution in [0.5, 0.6) is 0 Å². The quantitative estimate of drug-likeness (QED) is 0.684. The Kier molecular flexibility index (Phi) is 3.65. The Morgan fingerprint density at radius 1 is 1.35 bits per heavy atom. The fourth-order valence-corrected chi connectivity index (χ4v) is 3.78. The molecule has 20 heavy (non-hydrogen) atoms. The van der Waals surface area contributed by atoms with Crippen LogP contribution in [-0.2, 0) is 6.42 Å². The molecule has 0 saturated heterocycles. The number of hydrogen-bond acceptors (Lipinski definition) is 3. The van der Waals surface area contributed by atoms with Crippen molar-refractivity contribution in [3.63, 3.8) is 0 Å². The molecule has 1 aromatic carbocycles. The third-order valence-corrected chi connectivity index (χ3v) is 4.57. The molecular weight excluding hydrogens is 334 g/mol. The summed E-state index contributed by atoms with van der Waals surface area (Å²) in [5.41, 5.74) is 3.24. The van der Waals surface area contributed by atoms with Gasteiger partial charge in [-0.05, 0) is 25.0 Å². The number of rotatable bonds is 3. The maximum Gasteiger partial charge on any atom is 0.212 e. The molecule has 0 amide bonds. The Balaban J connectivity index is 2.06. The Labute approximate surface area is 130 Å². The van der Waals surface area contributed by atoms with Crippen LogP contribution in [0.1, 0.15) is 24.5 Å². The molecule has 0 aliphatic carbocycles. The van der Waals surface area contributed by atoms with Gasteiger partial charge in [-0.2, -0.15) is 5.10 Å². The molecule has 5 heteroatoms. The summed E-state index contributed by atoms with van der Waals surface area (Å²) in [6, 6.07) is 8.23.